The first-order valence-electron chi connectivity index (χ1n) is 6.26. The van der Waals surface area contributed by atoms with Crippen LogP contribution in [0.25, 0.3) is 0 Å². The van der Waals surface area contributed by atoms with E-state index >= 15 is 0 Å². The Kier molecular flexibility index (Phi) is 5.59. The SMILES string of the molecule is CCCCCCc1nnc(S(=O)(=O)Cl)n1C(C)C. The molecule has 18 heavy (non-hydrogen) atoms. The fourth-order valence-electron chi connectivity index (χ4n) is 1.87. The number of aryl methyl sites for hydroxylation is 1. The van der Waals surface area contributed by atoms with E-state index < -0.39 is 9.05 Å². The van der Waals surface area contributed by atoms with Crippen molar-refractivity contribution in [3.63, 3.8) is 0 Å². The molecule has 0 saturated carbocycles. The van der Waals surface area contributed by atoms with Crippen LogP contribution in [0.15, 0.2) is 5.16 Å². The van der Waals surface area contributed by atoms with Gasteiger partial charge in [0.1, 0.15) is 5.82 Å². The molecule has 1 aromatic heterocycles. The largest absolute Gasteiger partial charge is 0.298 e. The number of rotatable bonds is 7. The first kappa shape index (κ1) is 15.4. The quantitative estimate of drug-likeness (QED) is 0.573. The summed E-state index contributed by atoms with van der Waals surface area (Å²) in [5, 5.41) is 7.50. The Hall–Kier alpha value is -0.620. The Morgan fingerprint density at radius 1 is 1.22 bits per heavy atom. The smallest absolute Gasteiger partial charge is 0.296 e. The number of hydrogen-bond acceptors (Lipinski definition) is 4. The number of nitrogens with zero attached hydrogens (tertiary/aromatic N) is 3. The highest BCUT2D eigenvalue weighted by atomic mass is 35.7. The van der Waals surface area contributed by atoms with Gasteiger partial charge in [-0.3, -0.25) is 4.57 Å². The number of halogens is 1. The standard InChI is InChI=1S/C11H20ClN3O2S/c1-4-5-6-7-8-10-13-14-11(18(12,16)17)15(10)9(2)3/h9H,4-8H2,1-3H3. The molecule has 5 nitrogen and oxygen atoms in total. The van der Waals surface area contributed by atoms with Crippen molar-refractivity contribution in [1.29, 1.82) is 0 Å². The molecule has 1 aromatic rings. The monoisotopic (exact) mass is 293 g/mol. The zero-order valence-electron chi connectivity index (χ0n) is 11.1. The molecule has 0 radical (unpaired) electrons. The van der Waals surface area contributed by atoms with E-state index in [0.29, 0.717) is 5.82 Å². The molecule has 0 aromatic carbocycles. The maximum Gasteiger partial charge on any atom is 0.296 e. The molecule has 1 rings (SSSR count). The van der Waals surface area contributed by atoms with E-state index in [1.54, 1.807) is 4.57 Å². The molecule has 0 N–H and O–H groups in total. The van der Waals surface area contributed by atoms with Crippen molar-refractivity contribution in [2.75, 3.05) is 0 Å². The molecule has 0 spiro atoms. The highest BCUT2D eigenvalue weighted by molar-refractivity contribution is 8.13. The Labute approximate surface area is 113 Å². The minimum Gasteiger partial charge on any atom is -0.298 e. The molecule has 7 heteroatoms. The van der Waals surface area contributed by atoms with Crippen molar-refractivity contribution in [1.82, 2.24) is 14.8 Å². The fourth-order valence-corrected chi connectivity index (χ4v) is 2.88. The van der Waals surface area contributed by atoms with Gasteiger partial charge in [0.2, 0.25) is 0 Å². The van der Waals surface area contributed by atoms with Crippen molar-refractivity contribution >= 4 is 19.7 Å². The number of unbranched alkanes of at least 4 members (excludes halogenated alkanes) is 3. The lowest BCUT2D eigenvalue weighted by Gasteiger charge is -2.12. The molecule has 0 fully saturated rings. The van der Waals surface area contributed by atoms with Gasteiger partial charge in [-0.1, -0.05) is 26.2 Å². The average Bonchev–Trinajstić information content (AvgIpc) is 2.67. The van der Waals surface area contributed by atoms with Crippen LogP contribution in [0, 0.1) is 0 Å². The summed E-state index contributed by atoms with van der Waals surface area (Å²) in [6.45, 7) is 5.93. The Bertz CT molecular complexity index is 482. The summed E-state index contributed by atoms with van der Waals surface area (Å²) in [5.74, 6) is 0.695. The van der Waals surface area contributed by atoms with Crippen LogP contribution in [-0.2, 0) is 15.5 Å². The van der Waals surface area contributed by atoms with Gasteiger partial charge >= 0.3 is 0 Å². The molecule has 0 aliphatic heterocycles. The van der Waals surface area contributed by atoms with Crippen molar-refractivity contribution in [3.8, 4) is 0 Å². The summed E-state index contributed by atoms with van der Waals surface area (Å²) in [6, 6.07) is -0.0234. The van der Waals surface area contributed by atoms with Gasteiger partial charge in [-0.05, 0) is 20.3 Å². The second-order valence-corrected chi connectivity index (χ2v) is 7.07. The van der Waals surface area contributed by atoms with Crippen molar-refractivity contribution in [3.05, 3.63) is 5.82 Å². The molecule has 0 amide bonds. The Balaban J connectivity index is 2.89. The van der Waals surface area contributed by atoms with E-state index in [1.165, 1.54) is 6.42 Å². The highest BCUT2D eigenvalue weighted by Gasteiger charge is 2.23. The van der Waals surface area contributed by atoms with Crippen LogP contribution in [0.5, 0.6) is 0 Å². The van der Waals surface area contributed by atoms with Gasteiger partial charge < -0.3 is 0 Å². The average molecular weight is 294 g/mol. The van der Waals surface area contributed by atoms with E-state index in [1.807, 2.05) is 13.8 Å². The molecule has 0 unspecified atom stereocenters. The molecule has 0 bridgehead atoms. The summed E-state index contributed by atoms with van der Waals surface area (Å²) in [5.41, 5.74) is 0. The van der Waals surface area contributed by atoms with Crippen LogP contribution in [0.2, 0.25) is 0 Å². The van der Waals surface area contributed by atoms with Gasteiger partial charge in [0.15, 0.2) is 0 Å². The first-order chi connectivity index (χ1) is 8.38. The Morgan fingerprint density at radius 3 is 2.39 bits per heavy atom. The second-order valence-electron chi connectivity index (χ2n) is 4.61. The van der Waals surface area contributed by atoms with E-state index in [9.17, 15) is 8.42 Å². The maximum absolute atomic E-state index is 11.4. The van der Waals surface area contributed by atoms with Gasteiger partial charge in [0.25, 0.3) is 14.2 Å². The summed E-state index contributed by atoms with van der Waals surface area (Å²) >= 11 is 0. The highest BCUT2D eigenvalue weighted by Crippen LogP contribution is 2.20. The molecule has 0 aliphatic rings. The third kappa shape index (κ3) is 3.95. The molecule has 0 atom stereocenters. The van der Waals surface area contributed by atoms with Crippen molar-refractivity contribution < 1.29 is 8.42 Å². The lowest BCUT2D eigenvalue weighted by Crippen LogP contribution is -2.12. The third-order valence-electron chi connectivity index (χ3n) is 2.72. The summed E-state index contributed by atoms with van der Waals surface area (Å²) in [4.78, 5) is 0. The minimum absolute atomic E-state index is 0.0234. The van der Waals surface area contributed by atoms with E-state index in [0.717, 1.165) is 25.7 Å². The summed E-state index contributed by atoms with van der Waals surface area (Å²) in [6.07, 6.45) is 5.18. The van der Waals surface area contributed by atoms with Gasteiger partial charge in [-0.15, -0.1) is 10.2 Å². The molecule has 0 aliphatic carbocycles. The normalized spacial score (nSPS) is 12.3. The summed E-state index contributed by atoms with van der Waals surface area (Å²) in [7, 11) is 1.52. The predicted molar refractivity (Wildman–Crippen MR) is 71.3 cm³/mol. The van der Waals surface area contributed by atoms with E-state index in [-0.39, 0.29) is 11.2 Å². The van der Waals surface area contributed by atoms with Crippen molar-refractivity contribution in [2.45, 2.75) is 64.1 Å². The van der Waals surface area contributed by atoms with Crippen LogP contribution in [0.3, 0.4) is 0 Å². The molecular formula is C11H20ClN3O2S. The zero-order valence-corrected chi connectivity index (χ0v) is 12.6. The number of hydrogen-bond donors (Lipinski definition) is 0. The first-order valence-corrected chi connectivity index (χ1v) is 8.57. The molecular weight excluding hydrogens is 274 g/mol. The molecule has 104 valence electrons. The van der Waals surface area contributed by atoms with Crippen LogP contribution in [-0.4, -0.2) is 23.2 Å². The van der Waals surface area contributed by atoms with Crippen LogP contribution >= 0.6 is 10.7 Å². The van der Waals surface area contributed by atoms with E-state index in [4.69, 9.17) is 10.7 Å². The number of aromatic nitrogens is 3. The maximum atomic E-state index is 11.4. The fraction of sp³-hybridized carbons (Fsp3) is 0.818. The van der Waals surface area contributed by atoms with Crippen LogP contribution in [0.1, 0.15) is 58.3 Å². The molecule has 1 heterocycles. The lowest BCUT2D eigenvalue weighted by atomic mass is 10.1. The third-order valence-corrected chi connectivity index (χ3v) is 3.85. The van der Waals surface area contributed by atoms with E-state index in [2.05, 4.69) is 17.1 Å². The second kappa shape index (κ2) is 6.52. The van der Waals surface area contributed by atoms with Crippen molar-refractivity contribution in [2.24, 2.45) is 0 Å². The van der Waals surface area contributed by atoms with Gasteiger partial charge in [0, 0.05) is 23.1 Å². The van der Waals surface area contributed by atoms with Crippen LogP contribution in [0.4, 0.5) is 0 Å². The summed E-state index contributed by atoms with van der Waals surface area (Å²) < 4.78 is 24.4. The zero-order chi connectivity index (χ0) is 13.8. The molecule has 0 saturated heterocycles. The predicted octanol–water partition coefficient (Wildman–Crippen LogP) is 2.91. The lowest BCUT2D eigenvalue weighted by molar-refractivity contribution is 0.501. The minimum atomic E-state index is -3.83. The van der Waals surface area contributed by atoms with Crippen LogP contribution < -0.4 is 0 Å². The van der Waals surface area contributed by atoms with Gasteiger partial charge in [-0.25, -0.2) is 8.42 Å². The Morgan fingerprint density at radius 2 is 1.89 bits per heavy atom. The van der Waals surface area contributed by atoms with Gasteiger partial charge in [0.05, 0.1) is 0 Å². The topological polar surface area (TPSA) is 64.8 Å². The van der Waals surface area contributed by atoms with Gasteiger partial charge in [-0.2, -0.15) is 0 Å².